The number of unbranched alkanes of at least 4 members (excludes halogenated alkanes) is 1. The van der Waals surface area contributed by atoms with Crippen molar-refractivity contribution in [2.75, 3.05) is 67.7 Å². The first-order chi connectivity index (χ1) is 13.2. The van der Waals surface area contributed by atoms with Gasteiger partial charge in [0.1, 0.15) is 11.5 Å². The Morgan fingerprint density at radius 1 is 1.21 bits per heavy atom. The average Bonchev–Trinajstić information content (AvgIpc) is 2.71. The van der Waals surface area contributed by atoms with Crippen molar-refractivity contribution in [3.8, 4) is 11.5 Å². The number of morpholine rings is 1. The highest BCUT2D eigenvalue weighted by Crippen LogP contribution is 2.25. The largest absolute Gasteiger partial charge is 0.497 e. The number of hydrogen-bond donors (Lipinski definition) is 1. The van der Waals surface area contributed by atoms with E-state index in [1.807, 2.05) is 32.3 Å². The van der Waals surface area contributed by atoms with Gasteiger partial charge < -0.3 is 24.4 Å². The SMILES string of the molecule is CN=C(NCCCCN1CCOCC1)N(C)Cc1ccc(OC)cc1OC.I. The summed E-state index contributed by atoms with van der Waals surface area (Å²) in [7, 11) is 7.19. The molecule has 0 amide bonds. The first-order valence-corrected chi connectivity index (χ1v) is 9.60. The van der Waals surface area contributed by atoms with E-state index in [4.69, 9.17) is 14.2 Å². The molecule has 0 spiro atoms. The van der Waals surface area contributed by atoms with Crippen molar-refractivity contribution in [3.05, 3.63) is 23.8 Å². The van der Waals surface area contributed by atoms with Crippen LogP contribution in [0.1, 0.15) is 18.4 Å². The number of nitrogens with zero attached hydrogens (tertiary/aromatic N) is 3. The van der Waals surface area contributed by atoms with E-state index in [0.29, 0.717) is 6.54 Å². The molecule has 1 heterocycles. The molecule has 160 valence electrons. The van der Waals surface area contributed by atoms with Gasteiger partial charge in [-0.1, -0.05) is 0 Å². The Bertz CT molecular complexity index is 595. The fourth-order valence-electron chi connectivity index (χ4n) is 3.18. The number of aliphatic imine (C=N–C) groups is 1. The van der Waals surface area contributed by atoms with Gasteiger partial charge in [0, 0.05) is 51.9 Å². The summed E-state index contributed by atoms with van der Waals surface area (Å²) in [6, 6.07) is 5.89. The third-order valence-corrected chi connectivity index (χ3v) is 4.76. The van der Waals surface area contributed by atoms with Gasteiger partial charge in [0.15, 0.2) is 5.96 Å². The molecule has 1 saturated heterocycles. The zero-order valence-corrected chi connectivity index (χ0v) is 19.9. The second-order valence-electron chi connectivity index (χ2n) is 6.67. The summed E-state index contributed by atoms with van der Waals surface area (Å²) in [4.78, 5) is 8.98. The summed E-state index contributed by atoms with van der Waals surface area (Å²) in [5.41, 5.74) is 1.09. The number of halogens is 1. The van der Waals surface area contributed by atoms with Gasteiger partial charge >= 0.3 is 0 Å². The lowest BCUT2D eigenvalue weighted by Gasteiger charge is -2.26. The van der Waals surface area contributed by atoms with Gasteiger partial charge in [-0.05, 0) is 31.5 Å². The average molecular weight is 506 g/mol. The Hall–Kier alpha value is -1.26. The number of nitrogens with one attached hydrogen (secondary N) is 1. The normalized spacial score (nSPS) is 14.9. The van der Waals surface area contributed by atoms with Crippen molar-refractivity contribution >= 4 is 29.9 Å². The number of methoxy groups -OCH3 is 2. The molecule has 1 aromatic rings. The third-order valence-electron chi connectivity index (χ3n) is 4.76. The molecule has 0 saturated carbocycles. The Labute approximate surface area is 186 Å². The molecule has 0 radical (unpaired) electrons. The van der Waals surface area contributed by atoms with Crippen LogP contribution in [0.4, 0.5) is 0 Å². The van der Waals surface area contributed by atoms with Crippen molar-refractivity contribution in [3.63, 3.8) is 0 Å². The van der Waals surface area contributed by atoms with Crippen LogP contribution in [0.15, 0.2) is 23.2 Å². The van der Waals surface area contributed by atoms with Crippen LogP contribution >= 0.6 is 24.0 Å². The lowest BCUT2D eigenvalue weighted by atomic mass is 10.2. The Morgan fingerprint density at radius 3 is 2.61 bits per heavy atom. The van der Waals surface area contributed by atoms with Gasteiger partial charge in [0.05, 0.1) is 27.4 Å². The van der Waals surface area contributed by atoms with Gasteiger partial charge in [-0.2, -0.15) is 0 Å². The first-order valence-electron chi connectivity index (χ1n) is 9.60. The number of hydrogen-bond acceptors (Lipinski definition) is 5. The second kappa shape index (κ2) is 13.8. The summed E-state index contributed by atoms with van der Waals surface area (Å²) in [5.74, 6) is 2.50. The molecule has 7 nitrogen and oxygen atoms in total. The van der Waals surface area contributed by atoms with Crippen molar-refractivity contribution in [2.45, 2.75) is 19.4 Å². The van der Waals surface area contributed by atoms with Crippen LogP contribution in [-0.4, -0.2) is 83.5 Å². The van der Waals surface area contributed by atoms with Crippen molar-refractivity contribution in [1.29, 1.82) is 0 Å². The predicted octanol–water partition coefficient (Wildman–Crippen LogP) is 2.44. The highest BCUT2D eigenvalue weighted by atomic mass is 127. The molecule has 1 N–H and O–H groups in total. The van der Waals surface area contributed by atoms with E-state index in [1.54, 1.807) is 14.2 Å². The fourth-order valence-corrected chi connectivity index (χ4v) is 3.18. The van der Waals surface area contributed by atoms with Gasteiger partial charge in [-0.15, -0.1) is 24.0 Å². The summed E-state index contributed by atoms with van der Waals surface area (Å²) in [6.07, 6.45) is 2.30. The van der Waals surface area contributed by atoms with Crippen LogP contribution in [0.2, 0.25) is 0 Å². The molecule has 28 heavy (non-hydrogen) atoms. The number of guanidine groups is 1. The Kier molecular flexibility index (Phi) is 12.2. The minimum Gasteiger partial charge on any atom is -0.497 e. The Balaban J connectivity index is 0.00000392. The zero-order chi connectivity index (χ0) is 19.5. The zero-order valence-electron chi connectivity index (χ0n) is 17.6. The van der Waals surface area contributed by atoms with E-state index in [1.165, 1.54) is 6.42 Å². The minimum absolute atomic E-state index is 0. The summed E-state index contributed by atoms with van der Waals surface area (Å²) in [5, 5.41) is 3.45. The molecule has 1 fully saturated rings. The summed E-state index contributed by atoms with van der Waals surface area (Å²) in [6.45, 7) is 6.61. The molecule has 0 unspecified atom stereocenters. The number of benzene rings is 1. The molecule has 0 bridgehead atoms. The predicted molar refractivity (Wildman–Crippen MR) is 124 cm³/mol. The molecule has 8 heteroatoms. The molecule has 0 atom stereocenters. The standard InChI is InChI=1S/C20H34N4O3.HI/c1-21-20(22-9-5-6-10-24-11-13-27-14-12-24)23(2)16-17-7-8-18(25-3)15-19(17)26-4;/h7-8,15H,5-6,9-14,16H2,1-4H3,(H,21,22);1H. The number of ether oxygens (including phenoxy) is 3. The maximum atomic E-state index is 5.49. The van der Waals surface area contributed by atoms with Crippen molar-refractivity contribution < 1.29 is 14.2 Å². The van der Waals surface area contributed by atoms with E-state index in [9.17, 15) is 0 Å². The van der Waals surface area contributed by atoms with Gasteiger partial charge in [-0.25, -0.2) is 0 Å². The van der Waals surface area contributed by atoms with Crippen LogP contribution in [0, 0.1) is 0 Å². The molecule has 0 aromatic heterocycles. The Morgan fingerprint density at radius 2 is 1.96 bits per heavy atom. The second-order valence-corrected chi connectivity index (χ2v) is 6.67. The lowest BCUT2D eigenvalue weighted by molar-refractivity contribution is 0.0372. The molecule has 1 aliphatic rings. The smallest absolute Gasteiger partial charge is 0.193 e. The number of rotatable bonds is 9. The summed E-state index contributed by atoms with van der Waals surface area (Å²) >= 11 is 0. The highest BCUT2D eigenvalue weighted by Gasteiger charge is 2.12. The van der Waals surface area contributed by atoms with Gasteiger partial charge in [0.25, 0.3) is 0 Å². The van der Waals surface area contributed by atoms with Crippen LogP contribution in [0.5, 0.6) is 11.5 Å². The van der Waals surface area contributed by atoms with E-state index < -0.39 is 0 Å². The van der Waals surface area contributed by atoms with Gasteiger partial charge in [0.2, 0.25) is 0 Å². The van der Waals surface area contributed by atoms with E-state index in [0.717, 1.165) is 68.8 Å². The quantitative estimate of drug-likeness (QED) is 0.241. The van der Waals surface area contributed by atoms with Crippen LogP contribution in [-0.2, 0) is 11.3 Å². The van der Waals surface area contributed by atoms with E-state index >= 15 is 0 Å². The van der Waals surface area contributed by atoms with Crippen LogP contribution in [0.25, 0.3) is 0 Å². The monoisotopic (exact) mass is 506 g/mol. The molecule has 1 aliphatic heterocycles. The maximum Gasteiger partial charge on any atom is 0.193 e. The first kappa shape index (κ1) is 24.8. The third kappa shape index (κ3) is 8.00. The van der Waals surface area contributed by atoms with Crippen LogP contribution in [0.3, 0.4) is 0 Å². The van der Waals surface area contributed by atoms with Crippen molar-refractivity contribution in [2.24, 2.45) is 4.99 Å². The molecule has 1 aromatic carbocycles. The van der Waals surface area contributed by atoms with Crippen molar-refractivity contribution in [1.82, 2.24) is 15.1 Å². The topological polar surface area (TPSA) is 58.6 Å². The lowest BCUT2D eigenvalue weighted by Crippen LogP contribution is -2.39. The molecular formula is C20H35IN4O3. The van der Waals surface area contributed by atoms with E-state index in [2.05, 4.69) is 20.1 Å². The summed E-state index contributed by atoms with van der Waals surface area (Å²) < 4.78 is 16.1. The molecule has 0 aliphatic carbocycles. The van der Waals surface area contributed by atoms with Crippen LogP contribution < -0.4 is 14.8 Å². The maximum absolute atomic E-state index is 5.49. The van der Waals surface area contributed by atoms with Gasteiger partial charge in [-0.3, -0.25) is 9.89 Å². The van der Waals surface area contributed by atoms with E-state index in [-0.39, 0.29) is 24.0 Å². The highest BCUT2D eigenvalue weighted by molar-refractivity contribution is 14.0. The molecule has 2 rings (SSSR count). The fraction of sp³-hybridized carbons (Fsp3) is 0.650. The molecular weight excluding hydrogens is 471 g/mol. The minimum atomic E-state index is 0.